The van der Waals surface area contributed by atoms with Crippen molar-refractivity contribution >= 4 is 17.2 Å². The van der Waals surface area contributed by atoms with E-state index in [1.165, 1.54) is 50.9 Å². The minimum atomic E-state index is 0.408. The predicted octanol–water partition coefficient (Wildman–Crippen LogP) is 4.35. The zero-order valence-corrected chi connectivity index (χ0v) is 15.0. The minimum absolute atomic E-state index is 0.408. The van der Waals surface area contributed by atoms with Crippen molar-refractivity contribution in [1.82, 2.24) is 10.2 Å². The van der Waals surface area contributed by atoms with Gasteiger partial charge in [0.1, 0.15) is 0 Å². The van der Waals surface area contributed by atoms with Gasteiger partial charge in [-0.15, -0.1) is 0 Å². The van der Waals surface area contributed by atoms with E-state index < -0.39 is 0 Å². The molecule has 1 aromatic carbocycles. The first kappa shape index (κ1) is 15.7. The zero-order valence-electron chi connectivity index (χ0n) is 14.2. The Kier molecular flexibility index (Phi) is 4.03. The Balaban J connectivity index is 1.63. The molecule has 124 valence electrons. The van der Waals surface area contributed by atoms with Crippen LogP contribution < -0.4 is 5.32 Å². The van der Waals surface area contributed by atoms with Crippen LogP contribution in [-0.2, 0) is 0 Å². The molecule has 2 nitrogen and oxygen atoms in total. The van der Waals surface area contributed by atoms with Crippen LogP contribution in [0.1, 0.15) is 45.1 Å². The second-order valence-electron chi connectivity index (χ2n) is 8.30. The first-order valence-electron chi connectivity index (χ1n) is 8.95. The van der Waals surface area contributed by atoms with Gasteiger partial charge >= 0.3 is 0 Å². The van der Waals surface area contributed by atoms with Crippen molar-refractivity contribution in [3.8, 4) is 0 Å². The summed E-state index contributed by atoms with van der Waals surface area (Å²) in [6.45, 7) is 8.33. The molecule has 3 heteroatoms. The number of hydrogen-bond donors (Lipinski definition) is 1. The predicted molar refractivity (Wildman–Crippen MR) is 97.8 cm³/mol. The molecule has 2 saturated heterocycles. The molecular weight excluding hydrogens is 304 g/mol. The van der Waals surface area contributed by atoms with Gasteiger partial charge in [-0.3, -0.25) is 4.90 Å². The number of halogens is 1. The van der Waals surface area contributed by atoms with Crippen LogP contribution in [0.5, 0.6) is 0 Å². The Morgan fingerprint density at radius 1 is 1.17 bits per heavy atom. The summed E-state index contributed by atoms with van der Waals surface area (Å²) in [6, 6.07) is 10.0. The van der Waals surface area contributed by atoms with Crippen molar-refractivity contribution in [2.45, 2.75) is 51.6 Å². The average Bonchev–Trinajstić information content (AvgIpc) is 2.54. The van der Waals surface area contributed by atoms with Gasteiger partial charge in [0.2, 0.25) is 0 Å². The summed E-state index contributed by atoms with van der Waals surface area (Å²) in [7, 11) is 0. The molecule has 1 aliphatic carbocycles. The minimum Gasteiger partial charge on any atom is -0.314 e. The van der Waals surface area contributed by atoms with E-state index in [2.05, 4.69) is 36.2 Å². The number of piperidine rings is 1. The van der Waals surface area contributed by atoms with E-state index in [1.54, 1.807) is 11.1 Å². The number of piperazine rings is 1. The van der Waals surface area contributed by atoms with Crippen molar-refractivity contribution in [2.24, 2.45) is 5.41 Å². The third-order valence-corrected chi connectivity index (χ3v) is 6.25. The molecule has 0 spiro atoms. The maximum atomic E-state index is 6.09. The molecule has 23 heavy (non-hydrogen) atoms. The third kappa shape index (κ3) is 3.09. The lowest BCUT2D eigenvalue weighted by molar-refractivity contribution is -0.00561. The van der Waals surface area contributed by atoms with Crippen molar-refractivity contribution in [2.75, 3.05) is 19.6 Å². The summed E-state index contributed by atoms with van der Waals surface area (Å²) in [5.74, 6) is 0. The summed E-state index contributed by atoms with van der Waals surface area (Å²) in [5, 5.41) is 4.37. The quantitative estimate of drug-likeness (QED) is 0.886. The van der Waals surface area contributed by atoms with Gasteiger partial charge in [0.25, 0.3) is 0 Å². The van der Waals surface area contributed by atoms with Crippen LogP contribution in [0.4, 0.5) is 0 Å². The largest absolute Gasteiger partial charge is 0.314 e. The Labute approximate surface area is 144 Å². The van der Waals surface area contributed by atoms with Gasteiger partial charge in [-0.2, -0.15) is 0 Å². The summed E-state index contributed by atoms with van der Waals surface area (Å²) in [4.78, 5) is 2.74. The van der Waals surface area contributed by atoms with Crippen LogP contribution in [-0.4, -0.2) is 36.6 Å². The number of rotatable bonds is 3. The van der Waals surface area contributed by atoms with Crippen LogP contribution in [0.15, 0.2) is 29.8 Å². The van der Waals surface area contributed by atoms with E-state index in [0.717, 1.165) is 17.1 Å². The van der Waals surface area contributed by atoms with Gasteiger partial charge in [0.05, 0.1) is 0 Å². The number of hydrogen-bond acceptors (Lipinski definition) is 2. The lowest BCUT2D eigenvalue weighted by atomic mass is 9.72. The lowest BCUT2D eigenvalue weighted by Crippen LogP contribution is -2.68. The normalized spacial score (nSPS) is 30.2. The van der Waals surface area contributed by atoms with Gasteiger partial charge < -0.3 is 5.32 Å². The van der Waals surface area contributed by atoms with Gasteiger partial charge in [0, 0.05) is 36.7 Å². The standard InChI is InChI=1S/C20H27ClN2/c1-20(2)8-7-15(13-23-17-9-18(23)12-22-11-17)19(10-20)14-3-5-16(21)6-4-14/h3-6,17-18,22H,7-13H2,1-2H3/t17-,18+. The highest BCUT2D eigenvalue weighted by atomic mass is 35.5. The number of nitrogens with zero attached hydrogens (tertiary/aromatic N) is 1. The van der Waals surface area contributed by atoms with Crippen LogP contribution in [0.25, 0.3) is 5.57 Å². The smallest absolute Gasteiger partial charge is 0.0406 e. The summed E-state index contributed by atoms with van der Waals surface area (Å²) < 4.78 is 0. The van der Waals surface area contributed by atoms with E-state index in [-0.39, 0.29) is 0 Å². The highest BCUT2D eigenvalue weighted by Crippen LogP contribution is 2.44. The Bertz CT molecular complexity index is 603. The molecule has 0 radical (unpaired) electrons. The van der Waals surface area contributed by atoms with E-state index in [4.69, 9.17) is 11.6 Å². The molecule has 4 rings (SSSR count). The van der Waals surface area contributed by atoms with Crippen LogP contribution >= 0.6 is 11.6 Å². The molecule has 2 aliphatic heterocycles. The summed E-state index contributed by atoms with van der Waals surface area (Å²) in [6.07, 6.45) is 5.13. The Morgan fingerprint density at radius 2 is 1.87 bits per heavy atom. The van der Waals surface area contributed by atoms with Gasteiger partial charge in [-0.05, 0) is 54.4 Å². The monoisotopic (exact) mass is 330 g/mol. The van der Waals surface area contributed by atoms with Crippen molar-refractivity contribution in [1.29, 1.82) is 0 Å². The summed E-state index contributed by atoms with van der Waals surface area (Å²) in [5.41, 5.74) is 5.03. The fourth-order valence-corrected chi connectivity index (χ4v) is 4.63. The molecule has 2 fully saturated rings. The molecule has 2 bridgehead atoms. The summed E-state index contributed by atoms with van der Waals surface area (Å²) >= 11 is 6.09. The number of fused-ring (bicyclic) bond motifs is 2. The average molecular weight is 331 g/mol. The number of allylic oxidation sites excluding steroid dienone is 1. The van der Waals surface area contributed by atoms with E-state index in [0.29, 0.717) is 5.41 Å². The molecule has 1 N–H and O–H groups in total. The van der Waals surface area contributed by atoms with E-state index in [9.17, 15) is 0 Å². The SMILES string of the molecule is CC1(C)CCC(CN2[C@@H]3CNC[C@H]2C3)=C(c2ccc(Cl)cc2)C1. The third-order valence-electron chi connectivity index (χ3n) is 5.99. The van der Waals surface area contributed by atoms with Crippen LogP contribution in [0.3, 0.4) is 0 Å². The molecule has 0 aromatic heterocycles. The fourth-order valence-electron chi connectivity index (χ4n) is 4.51. The molecule has 0 saturated carbocycles. The topological polar surface area (TPSA) is 15.3 Å². The highest BCUT2D eigenvalue weighted by molar-refractivity contribution is 6.30. The van der Waals surface area contributed by atoms with Crippen molar-refractivity contribution in [3.63, 3.8) is 0 Å². The van der Waals surface area contributed by atoms with Crippen molar-refractivity contribution < 1.29 is 0 Å². The fraction of sp³-hybridized carbons (Fsp3) is 0.600. The van der Waals surface area contributed by atoms with Gasteiger partial charge in [-0.25, -0.2) is 0 Å². The molecule has 3 aliphatic rings. The van der Waals surface area contributed by atoms with Gasteiger partial charge in [0.15, 0.2) is 0 Å². The zero-order chi connectivity index (χ0) is 16.0. The molecule has 2 atom stereocenters. The maximum absolute atomic E-state index is 6.09. The second-order valence-corrected chi connectivity index (χ2v) is 8.74. The second kappa shape index (κ2) is 5.91. The lowest BCUT2D eigenvalue weighted by Gasteiger charge is -2.54. The first-order valence-corrected chi connectivity index (χ1v) is 9.33. The van der Waals surface area contributed by atoms with E-state index >= 15 is 0 Å². The Hall–Kier alpha value is -0.830. The molecule has 2 heterocycles. The molecule has 0 amide bonds. The van der Waals surface area contributed by atoms with E-state index in [1.807, 2.05) is 12.1 Å². The maximum Gasteiger partial charge on any atom is 0.0406 e. The van der Waals surface area contributed by atoms with Crippen LogP contribution in [0.2, 0.25) is 5.02 Å². The molecule has 0 unspecified atom stereocenters. The van der Waals surface area contributed by atoms with Gasteiger partial charge in [-0.1, -0.05) is 43.2 Å². The first-order chi connectivity index (χ1) is 11.0. The molecule has 1 aromatic rings. The Morgan fingerprint density at radius 3 is 2.52 bits per heavy atom. The number of nitrogens with one attached hydrogen (secondary N) is 1. The number of benzene rings is 1. The molecular formula is C20H27ClN2. The van der Waals surface area contributed by atoms with Crippen molar-refractivity contribution in [3.05, 3.63) is 40.4 Å². The van der Waals surface area contributed by atoms with Crippen LogP contribution in [0, 0.1) is 5.41 Å². The highest BCUT2D eigenvalue weighted by Gasteiger charge is 2.42.